The van der Waals surface area contributed by atoms with Gasteiger partial charge in [0.25, 0.3) is 0 Å². The molecular weight excluding hydrogens is 313 g/mol. The van der Waals surface area contributed by atoms with Gasteiger partial charge in [-0.05, 0) is 43.5 Å². The summed E-state index contributed by atoms with van der Waals surface area (Å²) in [7, 11) is 1.24. The van der Waals surface area contributed by atoms with E-state index < -0.39 is 24.0 Å². The minimum absolute atomic E-state index is 0.0566. The van der Waals surface area contributed by atoms with Crippen LogP contribution in [0.2, 0.25) is 0 Å². The molecule has 0 aliphatic heterocycles. The van der Waals surface area contributed by atoms with E-state index in [-0.39, 0.29) is 18.8 Å². The SMILES string of the molecule is COC(=O)C1(C(=O)c2ccc(OCCCC(F)(F)F)cc2)CC1. The Morgan fingerprint density at radius 1 is 1.17 bits per heavy atom. The molecule has 0 N–H and O–H groups in total. The van der Waals surface area contributed by atoms with E-state index in [1.54, 1.807) is 0 Å². The summed E-state index contributed by atoms with van der Waals surface area (Å²) in [6.45, 7) is -0.0566. The molecule has 1 aromatic rings. The van der Waals surface area contributed by atoms with Crippen LogP contribution >= 0.6 is 0 Å². The van der Waals surface area contributed by atoms with Gasteiger partial charge in [-0.15, -0.1) is 0 Å². The number of carbonyl (C=O) groups is 2. The van der Waals surface area contributed by atoms with Crippen LogP contribution < -0.4 is 4.74 Å². The second-order valence-electron chi connectivity index (χ2n) is 5.49. The highest BCUT2D eigenvalue weighted by Crippen LogP contribution is 2.49. The zero-order valence-corrected chi connectivity index (χ0v) is 12.6. The lowest BCUT2D eigenvalue weighted by Crippen LogP contribution is -2.27. The molecule has 1 saturated carbocycles. The minimum Gasteiger partial charge on any atom is -0.494 e. The van der Waals surface area contributed by atoms with Crippen LogP contribution in [0.4, 0.5) is 13.2 Å². The Bertz CT molecular complexity index is 574. The summed E-state index contributed by atoms with van der Waals surface area (Å²) in [6, 6.07) is 6.03. The van der Waals surface area contributed by atoms with Crippen molar-refractivity contribution in [3.8, 4) is 5.75 Å². The van der Waals surface area contributed by atoms with Crippen LogP contribution in [0.3, 0.4) is 0 Å². The molecule has 1 fully saturated rings. The van der Waals surface area contributed by atoms with Gasteiger partial charge in [0.2, 0.25) is 0 Å². The first kappa shape index (κ1) is 17.3. The van der Waals surface area contributed by atoms with Crippen molar-refractivity contribution in [2.45, 2.75) is 31.9 Å². The number of hydrogen-bond acceptors (Lipinski definition) is 4. The maximum Gasteiger partial charge on any atom is 0.389 e. The molecule has 23 heavy (non-hydrogen) atoms. The molecule has 1 aromatic carbocycles. The third-order valence-corrected chi connectivity index (χ3v) is 3.75. The summed E-state index contributed by atoms with van der Waals surface area (Å²) in [6.07, 6.45) is -4.28. The number of ether oxygens (including phenoxy) is 2. The molecule has 0 amide bonds. The van der Waals surface area contributed by atoms with Crippen molar-refractivity contribution in [2.24, 2.45) is 5.41 Å². The van der Waals surface area contributed by atoms with E-state index >= 15 is 0 Å². The van der Waals surface area contributed by atoms with Gasteiger partial charge < -0.3 is 9.47 Å². The molecule has 0 aromatic heterocycles. The second kappa shape index (κ2) is 6.60. The number of rotatable bonds is 7. The zero-order chi connectivity index (χ0) is 17.1. The van der Waals surface area contributed by atoms with Gasteiger partial charge in [-0.25, -0.2) is 0 Å². The highest BCUT2D eigenvalue weighted by atomic mass is 19.4. The van der Waals surface area contributed by atoms with Gasteiger partial charge in [0, 0.05) is 12.0 Å². The van der Waals surface area contributed by atoms with Crippen LogP contribution in [0, 0.1) is 5.41 Å². The Hall–Kier alpha value is -2.05. The number of alkyl halides is 3. The van der Waals surface area contributed by atoms with Crippen molar-refractivity contribution in [1.82, 2.24) is 0 Å². The van der Waals surface area contributed by atoms with Crippen LogP contribution in [0.1, 0.15) is 36.0 Å². The fourth-order valence-electron chi connectivity index (χ4n) is 2.29. The van der Waals surface area contributed by atoms with E-state index in [0.717, 1.165) is 0 Å². The molecule has 0 unspecified atom stereocenters. The number of carbonyl (C=O) groups excluding carboxylic acids is 2. The Kier molecular flexibility index (Phi) is 4.97. The molecule has 0 saturated heterocycles. The largest absolute Gasteiger partial charge is 0.494 e. The zero-order valence-electron chi connectivity index (χ0n) is 12.6. The van der Waals surface area contributed by atoms with Gasteiger partial charge in [0.05, 0.1) is 13.7 Å². The fourth-order valence-corrected chi connectivity index (χ4v) is 2.29. The summed E-state index contributed by atoms with van der Waals surface area (Å²) in [5, 5.41) is 0. The van der Waals surface area contributed by atoms with Gasteiger partial charge in [0.1, 0.15) is 11.2 Å². The van der Waals surface area contributed by atoms with Gasteiger partial charge >= 0.3 is 12.1 Å². The average molecular weight is 330 g/mol. The number of benzene rings is 1. The molecule has 4 nitrogen and oxygen atoms in total. The fraction of sp³-hybridized carbons (Fsp3) is 0.500. The summed E-state index contributed by atoms with van der Waals surface area (Å²) in [5.41, 5.74) is -0.709. The number of esters is 1. The number of hydrogen-bond donors (Lipinski definition) is 0. The maximum absolute atomic E-state index is 12.3. The highest BCUT2D eigenvalue weighted by Gasteiger charge is 2.57. The molecule has 0 heterocycles. The Labute approximate surface area is 131 Å². The van der Waals surface area contributed by atoms with Crippen molar-refractivity contribution >= 4 is 11.8 Å². The third kappa shape index (κ3) is 4.24. The molecule has 0 radical (unpaired) electrons. The van der Waals surface area contributed by atoms with E-state index in [2.05, 4.69) is 4.74 Å². The summed E-state index contributed by atoms with van der Waals surface area (Å²) in [4.78, 5) is 24.0. The van der Waals surface area contributed by atoms with Gasteiger partial charge in [-0.3, -0.25) is 9.59 Å². The van der Waals surface area contributed by atoms with Crippen molar-refractivity contribution in [1.29, 1.82) is 0 Å². The summed E-state index contributed by atoms with van der Waals surface area (Å²) < 4.78 is 45.9. The first-order chi connectivity index (χ1) is 10.8. The standard InChI is InChI=1S/C16H17F3O4/c1-22-14(21)15(8-9-15)13(20)11-3-5-12(6-4-11)23-10-2-7-16(17,18)19/h3-6H,2,7-10H2,1H3. The maximum atomic E-state index is 12.3. The predicted octanol–water partition coefficient (Wildman–Crippen LogP) is 3.54. The lowest BCUT2D eigenvalue weighted by molar-refractivity contribution is -0.145. The minimum atomic E-state index is -4.19. The number of Topliss-reactive ketones (excluding diaryl/α,β-unsaturated/α-hetero) is 1. The normalized spacial score (nSPS) is 15.8. The lowest BCUT2D eigenvalue weighted by Gasteiger charge is -2.12. The predicted molar refractivity (Wildman–Crippen MR) is 75.2 cm³/mol. The van der Waals surface area contributed by atoms with E-state index in [1.807, 2.05) is 0 Å². The first-order valence-electron chi connectivity index (χ1n) is 7.21. The van der Waals surface area contributed by atoms with Crippen LogP contribution in [0.25, 0.3) is 0 Å². The Balaban J connectivity index is 1.90. The second-order valence-corrected chi connectivity index (χ2v) is 5.49. The van der Waals surface area contributed by atoms with Gasteiger partial charge in [-0.1, -0.05) is 0 Å². The van der Waals surface area contributed by atoms with Crippen LogP contribution in [0.15, 0.2) is 24.3 Å². The number of halogens is 3. The van der Waals surface area contributed by atoms with Gasteiger partial charge in [0.15, 0.2) is 5.78 Å². The molecule has 0 spiro atoms. The van der Waals surface area contributed by atoms with Crippen molar-refractivity contribution < 1.29 is 32.2 Å². The topological polar surface area (TPSA) is 52.6 Å². The smallest absolute Gasteiger partial charge is 0.389 e. The van der Waals surface area contributed by atoms with Gasteiger partial charge in [-0.2, -0.15) is 13.2 Å². The third-order valence-electron chi connectivity index (χ3n) is 3.75. The molecule has 1 aliphatic carbocycles. The Morgan fingerprint density at radius 3 is 2.26 bits per heavy atom. The number of methoxy groups -OCH3 is 1. The van der Waals surface area contributed by atoms with Crippen LogP contribution in [-0.4, -0.2) is 31.6 Å². The number of ketones is 1. The quantitative estimate of drug-likeness (QED) is 0.332. The van der Waals surface area contributed by atoms with E-state index in [9.17, 15) is 22.8 Å². The van der Waals surface area contributed by atoms with Crippen molar-refractivity contribution in [3.63, 3.8) is 0 Å². The van der Waals surface area contributed by atoms with E-state index in [0.29, 0.717) is 24.2 Å². The van der Waals surface area contributed by atoms with E-state index in [1.165, 1.54) is 31.4 Å². The molecule has 0 bridgehead atoms. The highest BCUT2D eigenvalue weighted by molar-refractivity contribution is 6.14. The van der Waals surface area contributed by atoms with Crippen molar-refractivity contribution in [2.75, 3.05) is 13.7 Å². The van der Waals surface area contributed by atoms with E-state index in [4.69, 9.17) is 4.74 Å². The monoisotopic (exact) mass is 330 g/mol. The van der Waals surface area contributed by atoms with Crippen LogP contribution in [0.5, 0.6) is 5.75 Å². The first-order valence-corrected chi connectivity index (χ1v) is 7.21. The van der Waals surface area contributed by atoms with Crippen molar-refractivity contribution in [3.05, 3.63) is 29.8 Å². The molecular formula is C16H17F3O4. The molecule has 2 rings (SSSR count). The average Bonchev–Trinajstić information content (AvgIpc) is 3.31. The van der Waals surface area contributed by atoms with Crippen LogP contribution in [-0.2, 0) is 9.53 Å². The lowest BCUT2D eigenvalue weighted by atomic mass is 9.95. The Morgan fingerprint density at radius 2 is 1.78 bits per heavy atom. The summed E-state index contributed by atoms with van der Waals surface area (Å²) >= 11 is 0. The molecule has 1 aliphatic rings. The summed E-state index contributed by atoms with van der Waals surface area (Å²) in [5.74, 6) is -0.449. The molecule has 126 valence electrons. The molecule has 0 atom stereocenters. The molecule has 7 heteroatoms.